The molecule has 1 saturated heterocycles. The van der Waals surface area contributed by atoms with Gasteiger partial charge in [0.2, 0.25) is 0 Å². The van der Waals surface area contributed by atoms with E-state index in [0.717, 1.165) is 34.6 Å². The Hall–Kier alpha value is -2.76. The molecule has 0 atom stereocenters. The van der Waals surface area contributed by atoms with Gasteiger partial charge in [-0.15, -0.1) is 0 Å². The van der Waals surface area contributed by atoms with Crippen LogP contribution in [0.15, 0.2) is 52.4 Å². The van der Waals surface area contributed by atoms with Crippen molar-refractivity contribution >= 4 is 46.2 Å². The molecule has 2 heterocycles. The summed E-state index contributed by atoms with van der Waals surface area (Å²) in [4.78, 5) is 17.9. The average molecular weight is 464 g/mol. The minimum atomic E-state index is -0.136. The fourth-order valence-corrected chi connectivity index (χ4v) is 5.05. The van der Waals surface area contributed by atoms with Crippen LogP contribution in [0.4, 0.5) is 5.69 Å². The number of nitrogens with one attached hydrogen (secondary N) is 1. The van der Waals surface area contributed by atoms with E-state index in [4.69, 9.17) is 11.6 Å². The van der Waals surface area contributed by atoms with E-state index in [-0.39, 0.29) is 5.91 Å². The van der Waals surface area contributed by atoms with Gasteiger partial charge in [-0.3, -0.25) is 4.79 Å². The van der Waals surface area contributed by atoms with Gasteiger partial charge in [0.15, 0.2) is 5.17 Å². The van der Waals surface area contributed by atoms with Crippen LogP contribution < -0.4 is 5.32 Å². The SMILES string of the molecule is CCc1cccc(C)c1-n1c(C)cc(C=C2SC(=Nc3cccc(Cl)c3C)NC2=O)c1C. The maximum absolute atomic E-state index is 12.6. The zero-order valence-electron chi connectivity index (χ0n) is 18.9. The molecule has 0 radical (unpaired) electrons. The number of aromatic nitrogens is 1. The van der Waals surface area contributed by atoms with Crippen molar-refractivity contribution in [2.24, 2.45) is 4.99 Å². The normalized spacial score (nSPS) is 16.2. The summed E-state index contributed by atoms with van der Waals surface area (Å²) in [5.74, 6) is -0.136. The van der Waals surface area contributed by atoms with Crippen LogP contribution in [0.1, 0.15) is 40.6 Å². The molecule has 1 aliphatic rings. The van der Waals surface area contributed by atoms with Crippen LogP contribution in [-0.4, -0.2) is 15.6 Å². The van der Waals surface area contributed by atoms with E-state index in [1.165, 1.54) is 28.6 Å². The number of aliphatic imine (C=N–C) groups is 1. The van der Waals surface area contributed by atoms with Gasteiger partial charge in [0.1, 0.15) is 0 Å². The lowest BCUT2D eigenvalue weighted by atomic mass is 10.1. The number of amidine groups is 1. The van der Waals surface area contributed by atoms with Gasteiger partial charge >= 0.3 is 0 Å². The number of rotatable bonds is 4. The van der Waals surface area contributed by atoms with E-state index in [1.54, 1.807) is 0 Å². The number of benzene rings is 2. The second-order valence-electron chi connectivity index (χ2n) is 7.96. The molecule has 164 valence electrons. The molecule has 4 nitrogen and oxygen atoms in total. The highest BCUT2D eigenvalue weighted by atomic mass is 35.5. The molecular formula is C26H26ClN3OS. The minimum Gasteiger partial charge on any atom is -0.317 e. The summed E-state index contributed by atoms with van der Waals surface area (Å²) in [7, 11) is 0. The monoisotopic (exact) mass is 463 g/mol. The van der Waals surface area contributed by atoms with Gasteiger partial charge in [-0.1, -0.05) is 42.8 Å². The number of amides is 1. The molecule has 0 unspecified atom stereocenters. The molecule has 32 heavy (non-hydrogen) atoms. The minimum absolute atomic E-state index is 0.136. The van der Waals surface area contributed by atoms with Gasteiger partial charge in [0, 0.05) is 16.4 Å². The summed E-state index contributed by atoms with van der Waals surface area (Å²) in [6.07, 6.45) is 2.92. The van der Waals surface area contributed by atoms with Crippen LogP contribution in [0.25, 0.3) is 11.8 Å². The number of carbonyl (C=O) groups excluding carboxylic acids is 1. The fourth-order valence-electron chi connectivity index (χ4n) is 4.05. The highest BCUT2D eigenvalue weighted by Crippen LogP contribution is 2.33. The number of hydrogen-bond acceptors (Lipinski definition) is 3. The van der Waals surface area contributed by atoms with Crippen LogP contribution in [0, 0.1) is 27.7 Å². The van der Waals surface area contributed by atoms with Crippen LogP contribution in [-0.2, 0) is 11.2 Å². The van der Waals surface area contributed by atoms with Crippen molar-refractivity contribution in [3.63, 3.8) is 0 Å². The molecule has 2 aromatic carbocycles. The largest absolute Gasteiger partial charge is 0.317 e. The first-order valence-electron chi connectivity index (χ1n) is 10.6. The molecule has 1 aromatic heterocycles. The Bertz CT molecular complexity index is 1290. The third-order valence-electron chi connectivity index (χ3n) is 5.79. The first kappa shape index (κ1) is 22.4. The van der Waals surface area contributed by atoms with Crippen molar-refractivity contribution in [3.8, 4) is 5.69 Å². The van der Waals surface area contributed by atoms with E-state index < -0.39 is 0 Å². The van der Waals surface area contributed by atoms with Crippen LogP contribution in [0.3, 0.4) is 0 Å². The molecule has 0 spiro atoms. The van der Waals surface area contributed by atoms with Gasteiger partial charge in [-0.25, -0.2) is 4.99 Å². The lowest BCUT2D eigenvalue weighted by molar-refractivity contribution is -0.115. The molecule has 0 saturated carbocycles. The first-order chi connectivity index (χ1) is 15.3. The van der Waals surface area contributed by atoms with Crippen molar-refractivity contribution in [1.29, 1.82) is 0 Å². The predicted octanol–water partition coefficient (Wildman–Crippen LogP) is 6.82. The van der Waals surface area contributed by atoms with E-state index in [2.05, 4.69) is 66.8 Å². The number of aryl methyl sites for hydroxylation is 3. The highest BCUT2D eigenvalue weighted by Gasteiger charge is 2.25. The van der Waals surface area contributed by atoms with Gasteiger partial charge < -0.3 is 9.88 Å². The maximum atomic E-state index is 12.6. The summed E-state index contributed by atoms with van der Waals surface area (Å²) in [6.45, 7) is 10.5. The molecule has 6 heteroatoms. The number of thioether (sulfide) groups is 1. The fraction of sp³-hybridized carbons (Fsp3) is 0.231. The average Bonchev–Trinajstić information content (AvgIpc) is 3.23. The van der Waals surface area contributed by atoms with E-state index in [1.807, 2.05) is 31.2 Å². The standard InChI is InChI=1S/C26H26ClN3OS/c1-6-19-10-7-9-15(2)24(19)30-16(3)13-20(18(30)5)14-23-25(31)29-26(32-23)28-22-12-8-11-21(27)17(22)4/h7-14H,6H2,1-5H3,(H,28,29,31). The topological polar surface area (TPSA) is 46.4 Å². The Morgan fingerprint density at radius 1 is 1.12 bits per heavy atom. The van der Waals surface area contributed by atoms with E-state index in [0.29, 0.717) is 15.1 Å². The Kier molecular flexibility index (Phi) is 6.31. The molecule has 3 aromatic rings. The Labute approximate surface area is 198 Å². The van der Waals surface area contributed by atoms with Crippen molar-refractivity contribution in [2.45, 2.75) is 41.0 Å². The zero-order chi connectivity index (χ0) is 23.0. The van der Waals surface area contributed by atoms with Crippen LogP contribution in [0.2, 0.25) is 5.02 Å². The molecule has 1 aliphatic heterocycles. The van der Waals surface area contributed by atoms with Crippen molar-refractivity contribution in [3.05, 3.63) is 86.0 Å². The molecule has 1 fully saturated rings. The Morgan fingerprint density at radius 3 is 2.62 bits per heavy atom. The maximum Gasteiger partial charge on any atom is 0.264 e. The predicted molar refractivity (Wildman–Crippen MR) is 136 cm³/mol. The van der Waals surface area contributed by atoms with Crippen LogP contribution >= 0.6 is 23.4 Å². The lowest BCUT2D eigenvalue weighted by Crippen LogP contribution is -2.19. The number of carbonyl (C=O) groups is 1. The zero-order valence-corrected chi connectivity index (χ0v) is 20.5. The summed E-state index contributed by atoms with van der Waals surface area (Å²) >= 11 is 7.56. The Balaban J connectivity index is 1.70. The van der Waals surface area contributed by atoms with E-state index in [9.17, 15) is 4.79 Å². The first-order valence-corrected chi connectivity index (χ1v) is 11.8. The third-order valence-corrected chi connectivity index (χ3v) is 7.11. The number of nitrogens with zero attached hydrogens (tertiary/aromatic N) is 2. The van der Waals surface area contributed by atoms with E-state index >= 15 is 0 Å². The second kappa shape index (κ2) is 9.00. The van der Waals surface area contributed by atoms with Crippen molar-refractivity contribution < 1.29 is 4.79 Å². The van der Waals surface area contributed by atoms with Crippen molar-refractivity contribution in [2.75, 3.05) is 0 Å². The van der Waals surface area contributed by atoms with Crippen LogP contribution in [0.5, 0.6) is 0 Å². The molecule has 1 N–H and O–H groups in total. The lowest BCUT2D eigenvalue weighted by Gasteiger charge is -2.17. The highest BCUT2D eigenvalue weighted by molar-refractivity contribution is 8.18. The molecule has 0 aliphatic carbocycles. The molecule has 4 rings (SSSR count). The van der Waals surface area contributed by atoms with Crippen molar-refractivity contribution in [1.82, 2.24) is 9.88 Å². The molecule has 1 amide bonds. The van der Waals surface area contributed by atoms with Gasteiger partial charge in [-0.2, -0.15) is 0 Å². The number of halogens is 1. The second-order valence-corrected chi connectivity index (χ2v) is 9.40. The summed E-state index contributed by atoms with van der Waals surface area (Å²) < 4.78 is 2.29. The number of para-hydroxylation sites is 1. The molecule has 0 bridgehead atoms. The summed E-state index contributed by atoms with van der Waals surface area (Å²) in [5, 5.41) is 4.10. The summed E-state index contributed by atoms with van der Waals surface area (Å²) in [5.41, 5.74) is 8.72. The number of hydrogen-bond donors (Lipinski definition) is 1. The third kappa shape index (κ3) is 4.15. The molecular weight excluding hydrogens is 438 g/mol. The quantitative estimate of drug-likeness (QED) is 0.431. The smallest absolute Gasteiger partial charge is 0.264 e. The van der Waals surface area contributed by atoms with Gasteiger partial charge in [-0.05, 0) is 92.4 Å². The van der Waals surface area contributed by atoms with Gasteiger partial charge in [0.25, 0.3) is 5.91 Å². The Morgan fingerprint density at radius 2 is 1.88 bits per heavy atom. The van der Waals surface area contributed by atoms with Gasteiger partial charge in [0.05, 0.1) is 16.3 Å². The summed E-state index contributed by atoms with van der Waals surface area (Å²) in [6, 6.07) is 14.2.